The number of aliphatic hydroxyl groups is 1. The van der Waals surface area contributed by atoms with Crippen LogP contribution in [0.1, 0.15) is 13.3 Å². The molecule has 0 aromatic heterocycles. The van der Waals surface area contributed by atoms with E-state index in [-0.39, 0.29) is 6.61 Å². The molecule has 0 heterocycles. The molecule has 0 fully saturated rings. The van der Waals surface area contributed by atoms with Crippen LogP contribution in [0, 0.1) is 0 Å². The Morgan fingerprint density at radius 1 is 1.67 bits per heavy atom. The van der Waals surface area contributed by atoms with Gasteiger partial charge in [0.1, 0.15) is 5.76 Å². The molecule has 15 heavy (non-hydrogen) atoms. The van der Waals surface area contributed by atoms with E-state index in [1.807, 2.05) is 13.0 Å². The average Bonchev–Trinajstić information content (AvgIpc) is 2.20. The molecule has 1 unspecified atom stereocenters. The second-order valence-corrected chi connectivity index (χ2v) is 3.52. The van der Waals surface area contributed by atoms with E-state index in [9.17, 15) is 0 Å². The van der Waals surface area contributed by atoms with Crippen molar-refractivity contribution in [1.82, 2.24) is 5.32 Å². The fourth-order valence-corrected chi connectivity index (χ4v) is 1.50. The van der Waals surface area contributed by atoms with Gasteiger partial charge in [0.15, 0.2) is 0 Å². The highest BCUT2D eigenvalue weighted by Crippen LogP contribution is 2.20. The molecule has 0 aromatic carbocycles. The Kier molecular flexibility index (Phi) is 4.14. The van der Waals surface area contributed by atoms with Gasteiger partial charge in [0.25, 0.3) is 0 Å². The van der Waals surface area contributed by atoms with E-state index in [1.165, 1.54) is 0 Å². The van der Waals surface area contributed by atoms with Crippen molar-refractivity contribution < 1.29 is 9.84 Å². The third kappa shape index (κ3) is 3.23. The van der Waals surface area contributed by atoms with Gasteiger partial charge in [-0.05, 0) is 19.1 Å². The maximum Gasteiger partial charge on any atom is 0.137 e. The first kappa shape index (κ1) is 12.0. The molecule has 0 aliphatic heterocycles. The van der Waals surface area contributed by atoms with E-state index in [1.54, 1.807) is 6.08 Å². The quantitative estimate of drug-likeness (QED) is 0.457. The van der Waals surface area contributed by atoms with Crippen LogP contribution in [0.4, 0.5) is 0 Å². The zero-order chi connectivity index (χ0) is 11.3. The molecular weight excluding hydrogens is 194 g/mol. The lowest BCUT2D eigenvalue weighted by atomic mass is 9.98. The summed E-state index contributed by atoms with van der Waals surface area (Å²) < 4.78 is 5.33. The van der Waals surface area contributed by atoms with Crippen molar-refractivity contribution in [3.63, 3.8) is 0 Å². The Hall–Kier alpha value is -1.04. The van der Waals surface area contributed by atoms with Crippen LogP contribution in [-0.4, -0.2) is 30.5 Å². The lowest BCUT2D eigenvalue weighted by Gasteiger charge is -2.31. The van der Waals surface area contributed by atoms with Crippen molar-refractivity contribution >= 4 is 0 Å². The Morgan fingerprint density at radius 3 is 2.93 bits per heavy atom. The molecule has 0 amide bonds. The molecule has 0 radical (unpaired) electrons. The van der Waals surface area contributed by atoms with Crippen molar-refractivity contribution in [1.29, 1.82) is 0 Å². The highest BCUT2D eigenvalue weighted by molar-refractivity contribution is 5.29. The summed E-state index contributed by atoms with van der Waals surface area (Å²) in [4.78, 5) is 0. The first-order valence-electron chi connectivity index (χ1n) is 5.06. The number of hydrogen-bond donors (Lipinski definition) is 4. The van der Waals surface area contributed by atoms with Gasteiger partial charge in [0.2, 0.25) is 0 Å². The van der Waals surface area contributed by atoms with Gasteiger partial charge in [0.05, 0.1) is 24.6 Å². The standard InChI is InChI=1S/C10H19N3O2/c1-2-15-9-3-4-10(12,7-8(9)11)13-5-6-14/h3-4,13-14H,2,5-7,11-12H2,1H3. The molecule has 1 atom stereocenters. The van der Waals surface area contributed by atoms with E-state index in [0.29, 0.717) is 31.0 Å². The molecule has 0 spiro atoms. The van der Waals surface area contributed by atoms with Gasteiger partial charge in [-0.25, -0.2) is 0 Å². The molecule has 5 heteroatoms. The van der Waals surface area contributed by atoms with Crippen molar-refractivity contribution in [2.24, 2.45) is 11.5 Å². The van der Waals surface area contributed by atoms with Crippen molar-refractivity contribution in [2.45, 2.75) is 19.0 Å². The minimum absolute atomic E-state index is 0.0503. The number of ether oxygens (including phenoxy) is 1. The smallest absolute Gasteiger partial charge is 0.137 e. The van der Waals surface area contributed by atoms with Gasteiger partial charge in [-0.2, -0.15) is 0 Å². The fourth-order valence-electron chi connectivity index (χ4n) is 1.50. The third-order valence-electron chi connectivity index (χ3n) is 2.20. The van der Waals surface area contributed by atoms with Gasteiger partial charge >= 0.3 is 0 Å². The molecular formula is C10H19N3O2. The largest absolute Gasteiger partial charge is 0.492 e. The predicted molar refractivity (Wildman–Crippen MR) is 58.6 cm³/mol. The van der Waals surface area contributed by atoms with Gasteiger partial charge < -0.3 is 21.3 Å². The molecule has 86 valence electrons. The summed E-state index contributed by atoms with van der Waals surface area (Å²) in [5.74, 6) is 0.685. The summed E-state index contributed by atoms with van der Waals surface area (Å²) in [6, 6.07) is 0. The lowest BCUT2D eigenvalue weighted by Crippen LogP contribution is -2.54. The Balaban J connectivity index is 2.62. The Morgan fingerprint density at radius 2 is 2.40 bits per heavy atom. The maximum atomic E-state index is 8.70. The first-order valence-corrected chi connectivity index (χ1v) is 5.06. The van der Waals surface area contributed by atoms with Crippen LogP contribution in [0.15, 0.2) is 23.6 Å². The maximum absolute atomic E-state index is 8.70. The highest BCUT2D eigenvalue weighted by atomic mass is 16.5. The average molecular weight is 213 g/mol. The summed E-state index contributed by atoms with van der Waals surface area (Å²) in [5, 5.41) is 11.7. The van der Waals surface area contributed by atoms with Gasteiger partial charge in [-0.1, -0.05) is 0 Å². The first-order chi connectivity index (χ1) is 7.11. The van der Waals surface area contributed by atoms with Crippen LogP contribution >= 0.6 is 0 Å². The van der Waals surface area contributed by atoms with Crippen molar-refractivity contribution in [3.05, 3.63) is 23.6 Å². The normalized spacial score (nSPS) is 25.8. The number of aliphatic hydroxyl groups excluding tert-OH is 1. The number of nitrogens with one attached hydrogen (secondary N) is 1. The van der Waals surface area contributed by atoms with E-state index in [2.05, 4.69) is 5.32 Å². The Labute approximate surface area is 89.8 Å². The molecule has 0 saturated carbocycles. The second kappa shape index (κ2) is 5.16. The van der Waals surface area contributed by atoms with Crippen LogP contribution in [0.3, 0.4) is 0 Å². The summed E-state index contributed by atoms with van der Waals surface area (Å²) in [5.41, 5.74) is 11.8. The van der Waals surface area contributed by atoms with Crippen LogP contribution in [0.2, 0.25) is 0 Å². The lowest BCUT2D eigenvalue weighted by molar-refractivity contribution is 0.227. The topological polar surface area (TPSA) is 93.5 Å². The zero-order valence-corrected chi connectivity index (χ0v) is 8.99. The summed E-state index contributed by atoms with van der Waals surface area (Å²) in [6.07, 6.45) is 4.07. The van der Waals surface area contributed by atoms with E-state index >= 15 is 0 Å². The van der Waals surface area contributed by atoms with Gasteiger partial charge in [-0.15, -0.1) is 0 Å². The molecule has 6 N–H and O–H groups in total. The van der Waals surface area contributed by atoms with Crippen molar-refractivity contribution in [2.75, 3.05) is 19.8 Å². The van der Waals surface area contributed by atoms with Crippen molar-refractivity contribution in [3.8, 4) is 0 Å². The number of rotatable bonds is 5. The second-order valence-electron chi connectivity index (χ2n) is 3.52. The SMILES string of the molecule is CCOC1=C(N)CC(N)(NCCO)C=C1. The van der Waals surface area contributed by atoms with Gasteiger partial charge in [-0.3, -0.25) is 5.32 Å². The van der Waals surface area contributed by atoms with E-state index in [4.69, 9.17) is 21.3 Å². The van der Waals surface area contributed by atoms with Crippen LogP contribution in [0.25, 0.3) is 0 Å². The molecule has 1 aliphatic rings. The minimum Gasteiger partial charge on any atom is -0.492 e. The molecule has 1 aliphatic carbocycles. The van der Waals surface area contributed by atoms with Crippen LogP contribution in [-0.2, 0) is 4.74 Å². The summed E-state index contributed by atoms with van der Waals surface area (Å²) in [7, 11) is 0. The fraction of sp³-hybridized carbons (Fsp3) is 0.600. The number of hydrogen-bond acceptors (Lipinski definition) is 5. The minimum atomic E-state index is -0.673. The monoisotopic (exact) mass is 213 g/mol. The Bertz CT molecular complexity index is 276. The molecule has 1 rings (SSSR count). The van der Waals surface area contributed by atoms with Crippen LogP contribution in [0.5, 0.6) is 0 Å². The molecule has 0 saturated heterocycles. The molecule has 0 aromatic rings. The zero-order valence-electron chi connectivity index (χ0n) is 8.99. The molecule has 0 bridgehead atoms. The molecule has 5 nitrogen and oxygen atoms in total. The summed E-state index contributed by atoms with van der Waals surface area (Å²) >= 11 is 0. The third-order valence-corrected chi connectivity index (χ3v) is 2.20. The van der Waals surface area contributed by atoms with Gasteiger partial charge in [0, 0.05) is 13.0 Å². The summed E-state index contributed by atoms with van der Waals surface area (Å²) in [6.45, 7) is 2.98. The highest BCUT2D eigenvalue weighted by Gasteiger charge is 2.26. The van der Waals surface area contributed by atoms with E-state index in [0.717, 1.165) is 0 Å². The van der Waals surface area contributed by atoms with Crippen LogP contribution < -0.4 is 16.8 Å². The predicted octanol–water partition coefficient (Wildman–Crippen LogP) is -0.610. The van der Waals surface area contributed by atoms with E-state index < -0.39 is 5.66 Å². The number of nitrogens with two attached hydrogens (primary N) is 2. The number of allylic oxidation sites excluding steroid dienone is 1.